The van der Waals surface area contributed by atoms with Crippen LogP contribution in [0.5, 0.6) is 0 Å². The van der Waals surface area contributed by atoms with Crippen LogP contribution in [0.2, 0.25) is 0 Å². The molecule has 0 heterocycles. The van der Waals surface area contributed by atoms with Gasteiger partial charge in [-0.15, -0.1) is 0 Å². The van der Waals surface area contributed by atoms with Gasteiger partial charge >= 0.3 is 24.3 Å². The molecule has 1 radical (unpaired) electrons. The molecule has 0 aliphatic rings. The van der Waals surface area contributed by atoms with Crippen LogP contribution in [0.1, 0.15) is 13.8 Å². The Balaban J connectivity index is 0. The van der Waals surface area contributed by atoms with Crippen molar-refractivity contribution < 1.29 is 24.3 Å². The van der Waals surface area contributed by atoms with Gasteiger partial charge in [0.25, 0.3) is 0 Å². The SMILES string of the molecule is C[CH]C.[O]=[Nb]. The molecule has 0 saturated carbocycles. The molecule has 0 N–H and O–H groups in total. The van der Waals surface area contributed by atoms with Crippen molar-refractivity contribution in [2.24, 2.45) is 0 Å². The molecule has 1 nitrogen and oxygen atoms in total. The van der Waals surface area contributed by atoms with E-state index in [1.807, 2.05) is 20.3 Å². The zero-order chi connectivity index (χ0) is 4.71. The molecule has 0 amide bonds. The first kappa shape index (κ1) is 9.11. The summed E-state index contributed by atoms with van der Waals surface area (Å²) in [6.07, 6.45) is 2.00. The quantitative estimate of drug-likeness (QED) is 0.475. The maximum absolute atomic E-state index is 8.30. The Hall–Kier alpha value is 0.540. The van der Waals surface area contributed by atoms with Crippen LogP contribution >= 0.6 is 0 Å². The van der Waals surface area contributed by atoms with Crippen LogP contribution in [0.4, 0.5) is 0 Å². The molecule has 0 aromatic rings. The zero-order valence-electron chi connectivity index (χ0n) is 3.43. The first-order valence-corrected chi connectivity index (χ1v) is 2.23. The molecule has 0 unspecified atom stereocenters. The van der Waals surface area contributed by atoms with Crippen LogP contribution in [0.15, 0.2) is 0 Å². The Morgan fingerprint density at radius 1 is 1.40 bits per heavy atom. The summed E-state index contributed by atoms with van der Waals surface area (Å²) in [5.41, 5.74) is 0. The van der Waals surface area contributed by atoms with Crippen molar-refractivity contribution in [3.63, 3.8) is 0 Å². The van der Waals surface area contributed by atoms with Crippen LogP contribution < -0.4 is 0 Å². The van der Waals surface area contributed by atoms with Crippen molar-refractivity contribution in [3.8, 4) is 0 Å². The second kappa shape index (κ2) is 24.0. The monoisotopic (exact) mass is 152 g/mol. The van der Waals surface area contributed by atoms with Gasteiger partial charge in [0.15, 0.2) is 0 Å². The van der Waals surface area contributed by atoms with Crippen LogP contribution in [-0.2, 0) is 24.3 Å². The Morgan fingerprint density at radius 3 is 1.40 bits per heavy atom. The summed E-state index contributed by atoms with van der Waals surface area (Å²) in [6, 6.07) is 0. The van der Waals surface area contributed by atoms with E-state index >= 15 is 0 Å². The number of hydrogen-bond acceptors (Lipinski definition) is 1. The maximum atomic E-state index is 8.30. The van der Waals surface area contributed by atoms with Gasteiger partial charge < -0.3 is 0 Å². The normalized spacial score (nSPS) is 4.20. The average molecular weight is 152 g/mol. The van der Waals surface area contributed by atoms with Crippen molar-refractivity contribution >= 4 is 0 Å². The first-order chi connectivity index (χ1) is 2.41. The molecule has 0 rings (SSSR count). The van der Waals surface area contributed by atoms with Gasteiger partial charge in [0.05, 0.1) is 0 Å². The summed E-state index contributed by atoms with van der Waals surface area (Å²) >= 11 is 0.500. The van der Waals surface area contributed by atoms with E-state index in [0.717, 1.165) is 0 Å². The molecule has 0 bridgehead atoms. The van der Waals surface area contributed by atoms with Crippen LogP contribution in [-0.4, -0.2) is 0 Å². The van der Waals surface area contributed by atoms with E-state index in [1.54, 1.807) is 0 Å². The molecule has 0 aromatic heterocycles. The predicted molar refractivity (Wildman–Crippen MR) is 16.3 cm³/mol. The van der Waals surface area contributed by atoms with Crippen molar-refractivity contribution in [2.75, 3.05) is 0 Å². The number of hydrogen-bond donors (Lipinski definition) is 0. The molecule has 5 heavy (non-hydrogen) atoms. The molecule has 0 fully saturated rings. The molecule has 2 heteroatoms. The summed E-state index contributed by atoms with van der Waals surface area (Å²) in [6.45, 7) is 4.00. The zero-order valence-corrected chi connectivity index (χ0v) is 5.63. The van der Waals surface area contributed by atoms with Gasteiger partial charge in [-0.1, -0.05) is 13.8 Å². The van der Waals surface area contributed by atoms with E-state index in [-0.39, 0.29) is 0 Å². The molecule has 30 valence electrons. The van der Waals surface area contributed by atoms with Gasteiger partial charge in [0.1, 0.15) is 0 Å². The summed E-state index contributed by atoms with van der Waals surface area (Å²) in [7, 11) is 0. The van der Waals surface area contributed by atoms with E-state index in [2.05, 4.69) is 0 Å². The van der Waals surface area contributed by atoms with E-state index in [0.29, 0.717) is 21.0 Å². The Labute approximate surface area is 45.0 Å². The topological polar surface area (TPSA) is 17.1 Å². The third-order valence-corrected chi connectivity index (χ3v) is 0. The summed E-state index contributed by atoms with van der Waals surface area (Å²) in [5, 5.41) is 0. The van der Waals surface area contributed by atoms with E-state index < -0.39 is 0 Å². The molecule has 0 spiro atoms. The van der Waals surface area contributed by atoms with Gasteiger partial charge in [-0.3, -0.25) is 0 Å². The fraction of sp³-hybridized carbons (Fsp3) is 0.667. The van der Waals surface area contributed by atoms with Gasteiger partial charge in [0.2, 0.25) is 0 Å². The minimum atomic E-state index is 0.500. The second-order valence-electron chi connectivity index (χ2n) is 0.577. The minimum absolute atomic E-state index is 0.500. The standard InChI is InChI=1S/C3H7.Nb.O/c1-3-2;;/h3H,1-2H3;;. The van der Waals surface area contributed by atoms with Gasteiger partial charge in [0, 0.05) is 0 Å². The van der Waals surface area contributed by atoms with Crippen LogP contribution in [0.3, 0.4) is 0 Å². The summed E-state index contributed by atoms with van der Waals surface area (Å²) in [5.74, 6) is 0. The Morgan fingerprint density at radius 2 is 1.40 bits per heavy atom. The molecule has 0 aromatic carbocycles. The van der Waals surface area contributed by atoms with Gasteiger partial charge in [-0.2, -0.15) is 0 Å². The summed E-state index contributed by atoms with van der Waals surface area (Å²) in [4.78, 5) is 0. The van der Waals surface area contributed by atoms with E-state index in [9.17, 15) is 0 Å². The first-order valence-electron chi connectivity index (χ1n) is 1.34. The Bertz CT molecular complexity index is 10.9. The Kier molecular flexibility index (Phi) is 43.7. The van der Waals surface area contributed by atoms with E-state index in [4.69, 9.17) is 3.25 Å². The number of rotatable bonds is 0. The molecule has 0 atom stereocenters. The van der Waals surface area contributed by atoms with Crippen molar-refractivity contribution in [3.05, 3.63) is 6.42 Å². The van der Waals surface area contributed by atoms with Gasteiger partial charge in [-0.05, 0) is 6.42 Å². The third kappa shape index (κ3) is 100. The van der Waals surface area contributed by atoms with Crippen molar-refractivity contribution in [1.82, 2.24) is 0 Å². The van der Waals surface area contributed by atoms with Crippen LogP contribution in [0, 0.1) is 6.42 Å². The molecular weight excluding hydrogens is 145 g/mol. The fourth-order valence-corrected chi connectivity index (χ4v) is 0. The van der Waals surface area contributed by atoms with Crippen molar-refractivity contribution in [1.29, 1.82) is 0 Å². The third-order valence-electron chi connectivity index (χ3n) is 0. The molecule has 0 aliphatic heterocycles. The fourth-order valence-electron chi connectivity index (χ4n) is 0. The summed E-state index contributed by atoms with van der Waals surface area (Å²) < 4.78 is 8.30. The van der Waals surface area contributed by atoms with E-state index in [1.165, 1.54) is 0 Å². The van der Waals surface area contributed by atoms with Gasteiger partial charge in [-0.25, -0.2) is 0 Å². The molecule has 0 aliphatic carbocycles. The molecular formula is C3H7NbO. The molecule has 0 saturated heterocycles. The average Bonchev–Trinajstić information content (AvgIpc) is 1.46. The predicted octanol–water partition coefficient (Wildman–Crippen LogP) is 1.11. The van der Waals surface area contributed by atoms with Crippen LogP contribution in [0.25, 0.3) is 0 Å². The second-order valence-corrected chi connectivity index (χ2v) is 0.577. The van der Waals surface area contributed by atoms with Crippen molar-refractivity contribution in [2.45, 2.75) is 13.8 Å².